The zero-order valence-electron chi connectivity index (χ0n) is 26.1. The van der Waals surface area contributed by atoms with Crippen LogP contribution in [-0.4, -0.2) is 51.7 Å². The highest BCUT2D eigenvalue weighted by atomic mass is 32.2. The number of hydrogen-bond acceptors (Lipinski definition) is 10. The minimum absolute atomic E-state index is 0.0914. The second-order valence-corrected chi connectivity index (χ2v) is 14.3. The van der Waals surface area contributed by atoms with E-state index in [1.54, 1.807) is 49.5 Å². The SMILES string of the molecule is C=S(C)(=O)Nc1cncc(-c2cnc(N)c(C(=O)NC(C)c3nc4cccc(C#Cc5cnc(C)s5)c4c(=O)n3-c3ccccc3)n2)c1. The van der Waals surface area contributed by atoms with Gasteiger partial charge in [0.25, 0.3) is 11.5 Å². The lowest BCUT2D eigenvalue weighted by Crippen LogP contribution is -2.34. The molecule has 12 nitrogen and oxygen atoms in total. The minimum atomic E-state index is -2.55. The zero-order chi connectivity index (χ0) is 34.0. The van der Waals surface area contributed by atoms with Gasteiger partial charge in [0.15, 0.2) is 11.5 Å². The lowest BCUT2D eigenvalue weighted by Gasteiger charge is -2.20. The molecular formula is C34H29N9O3S2. The van der Waals surface area contributed by atoms with E-state index in [4.69, 9.17) is 10.7 Å². The van der Waals surface area contributed by atoms with Crippen molar-refractivity contribution < 1.29 is 9.00 Å². The highest BCUT2D eigenvalue weighted by Crippen LogP contribution is 2.24. The van der Waals surface area contributed by atoms with Crippen molar-refractivity contribution in [3.05, 3.63) is 117 Å². The molecule has 4 heterocycles. The maximum absolute atomic E-state index is 14.3. The van der Waals surface area contributed by atoms with Gasteiger partial charge in [0.05, 0.1) is 62.5 Å². The summed E-state index contributed by atoms with van der Waals surface area (Å²) in [5.74, 6) is 9.39. The van der Waals surface area contributed by atoms with E-state index in [9.17, 15) is 13.8 Å². The fourth-order valence-electron chi connectivity index (χ4n) is 4.94. The molecule has 48 heavy (non-hydrogen) atoms. The predicted octanol–water partition coefficient (Wildman–Crippen LogP) is 4.15. The number of thiazole rings is 1. The largest absolute Gasteiger partial charge is 0.382 e. The van der Waals surface area contributed by atoms with Crippen molar-refractivity contribution in [2.24, 2.45) is 0 Å². The molecule has 6 aromatic rings. The first-order chi connectivity index (χ1) is 23.0. The number of carbonyl (C=O) groups is 1. The summed E-state index contributed by atoms with van der Waals surface area (Å²) < 4.78 is 16.4. The summed E-state index contributed by atoms with van der Waals surface area (Å²) in [5, 5.41) is 4.13. The molecule has 2 atom stereocenters. The Morgan fingerprint density at radius 2 is 1.83 bits per heavy atom. The predicted molar refractivity (Wildman–Crippen MR) is 191 cm³/mol. The number of rotatable bonds is 7. The van der Waals surface area contributed by atoms with Gasteiger partial charge in [-0.15, -0.1) is 11.3 Å². The third-order valence-electron chi connectivity index (χ3n) is 7.00. The van der Waals surface area contributed by atoms with E-state index >= 15 is 0 Å². The Morgan fingerprint density at radius 1 is 1.04 bits per heavy atom. The molecule has 1 amide bonds. The molecule has 0 aliphatic carbocycles. The van der Waals surface area contributed by atoms with Crippen LogP contribution >= 0.6 is 11.3 Å². The fraction of sp³-hybridized carbons (Fsp3) is 0.118. The summed E-state index contributed by atoms with van der Waals surface area (Å²) in [6, 6.07) is 15.2. The van der Waals surface area contributed by atoms with Gasteiger partial charge in [-0.05, 0) is 56.0 Å². The Labute approximate surface area is 280 Å². The van der Waals surface area contributed by atoms with E-state index in [2.05, 4.69) is 47.7 Å². The second-order valence-electron chi connectivity index (χ2n) is 10.9. The van der Waals surface area contributed by atoms with Crippen molar-refractivity contribution in [3.63, 3.8) is 0 Å². The van der Waals surface area contributed by atoms with Gasteiger partial charge in [0.2, 0.25) is 0 Å². The number of benzene rings is 2. The van der Waals surface area contributed by atoms with Crippen molar-refractivity contribution in [3.8, 4) is 28.8 Å². The molecule has 0 bridgehead atoms. The van der Waals surface area contributed by atoms with Crippen LogP contribution in [0.25, 0.3) is 27.8 Å². The molecule has 0 saturated carbocycles. The molecule has 0 radical (unpaired) electrons. The van der Waals surface area contributed by atoms with Crippen molar-refractivity contribution in [2.75, 3.05) is 16.7 Å². The summed E-state index contributed by atoms with van der Waals surface area (Å²) in [6.07, 6.45) is 7.61. The lowest BCUT2D eigenvalue weighted by molar-refractivity contribution is 0.0933. The average Bonchev–Trinajstić information content (AvgIpc) is 3.48. The third kappa shape index (κ3) is 6.92. The first-order valence-electron chi connectivity index (χ1n) is 14.5. The van der Waals surface area contributed by atoms with Gasteiger partial charge in [-0.3, -0.25) is 19.1 Å². The number of aromatic nitrogens is 6. The van der Waals surface area contributed by atoms with E-state index in [1.807, 2.05) is 25.1 Å². The molecule has 2 aromatic carbocycles. The van der Waals surface area contributed by atoms with Crippen molar-refractivity contribution in [1.29, 1.82) is 0 Å². The molecule has 4 aromatic heterocycles. The quantitative estimate of drug-likeness (QED) is 0.166. The van der Waals surface area contributed by atoms with Crippen LogP contribution in [0.4, 0.5) is 11.5 Å². The van der Waals surface area contributed by atoms with Crippen molar-refractivity contribution in [2.45, 2.75) is 19.9 Å². The van der Waals surface area contributed by atoms with E-state index in [0.717, 1.165) is 9.88 Å². The highest BCUT2D eigenvalue weighted by molar-refractivity contribution is 8.00. The number of aryl methyl sites for hydroxylation is 1. The maximum Gasteiger partial charge on any atom is 0.274 e. The Kier molecular flexibility index (Phi) is 8.72. The number of carbonyl (C=O) groups excluding carboxylic acids is 1. The molecule has 0 saturated heterocycles. The topological polar surface area (TPSA) is 171 Å². The Hall–Kier alpha value is -5.91. The third-order valence-corrected chi connectivity index (χ3v) is 8.49. The van der Waals surface area contributed by atoms with Gasteiger partial charge in [0.1, 0.15) is 5.82 Å². The summed E-state index contributed by atoms with van der Waals surface area (Å²) in [6.45, 7) is 3.62. The number of nitrogens with zero attached hydrogens (tertiary/aromatic N) is 6. The molecule has 14 heteroatoms. The van der Waals surface area contributed by atoms with E-state index in [-0.39, 0.29) is 22.9 Å². The highest BCUT2D eigenvalue weighted by Gasteiger charge is 2.23. The number of nitrogen functional groups attached to an aromatic ring is 1. The number of nitrogens with two attached hydrogens (primary N) is 1. The van der Waals surface area contributed by atoms with Crippen LogP contribution in [0.1, 0.15) is 44.7 Å². The van der Waals surface area contributed by atoms with Crippen LogP contribution in [0.15, 0.2) is 84.2 Å². The average molecular weight is 676 g/mol. The number of amides is 1. The van der Waals surface area contributed by atoms with E-state index in [1.165, 1.54) is 40.8 Å². The number of fused-ring (bicyclic) bond motifs is 1. The molecule has 0 fully saturated rings. The summed E-state index contributed by atoms with van der Waals surface area (Å²) in [5.41, 5.74) is 8.44. The number of hydrogen-bond donors (Lipinski definition) is 3. The molecule has 0 spiro atoms. The molecular weight excluding hydrogens is 647 g/mol. The monoisotopic (exact) mass is 675 g/mol. The molecule has 240 valence electrons. The van der Waals surface area contributed by atoms with Gasteiger partial charge in [-0.1, -0.05) is 30.2 Å². The first-order valence-corrected chi connectivity index (χ1v) is 17.5. The molecule has 0 aliphatic rings. The number of pyridine rings is 1. The van der Waals surface area contributed by atoms with Gasteiger partial charge in [-0.2, -0.15) is 0 Å². The zero-order valence-corrected chi connectivity index (χ0v) is 27.7. The molecule has 6 rings (SSSR count). The maximum atomic E-state index is 14.3. The van der Waals surface area contributed by atoms with Gasteiger partial charge < -0.3 is 15.8 Å². The van der Waals surface area contributed by atoms with Crippen molar-refractivity contribution in [1.82, 2.24) is 34.8 Å². The smallest absolute Gasteiger partial charge is 0.274 e. The first kappa shape index (κ1) is 32.0. The lowest BCUT2D eigenvalue weighted by atomic mass is 10.1. The molecule has 4 N–H and O–H groups in total. The molecule has 2 unspecified atom stereocenters. The molecule has 0 aliphatic heterocycles. The van der Waals surface area contributed by atoms with Crippen LogP contribution in [-0.2, 0) is 9.71 Å². The number of nitrogens with one attached hydrogen (secondary N) is 2. The summed E-state index contributed by atoms with van der Waals surface area (Å²) in [7, 11) is -2.55. The van der Waals surface area contributed by atoms with Gasteiger partial charge in [-0.25, -0.2) is 24.1 Å². The van der Waals surface area contributed by atoms with Crippen LogP contribution in [0, 0.1) is 18.8 Å². The van der Waals surface area contributed by atoms with Crippen molar-refractivity contribution >= 4 is 55.2 Å². The number of para-hydroxylation sites is 1. The van der Waals surface area contributed by atoms with Crippen LogP contribution in [0.5, 0.6) is 0 Å². The Balaban J connectivity index is 1.38. The minimum Gasteiger partial charge on any atom is -0.382 e. The van der Waals surface area contributed by atoms with E-state index < -0.39 is 21.7 Å². The number of anilines is 2. The Morgan fingerprint density at radius 3 is 2.56 bits per heavy atom. The van der Waals surface area contributed by atoms with Gasteiger partial charge in [0, 0.05) is 33.3 Å². The Bertz CT molecular complexity index is 2430. The van der Waals surface area contributed by atoms with Crippen LogP contribution in [0.3, 0.4) is 0 Å². The summed E-state index contributed by atoms with van der Waals surface area (Å²) in [4.78, 5) is 50.6. The summed E-state index contributed by atoms with van der Waals surface area (Å²) >= 11 is 1.47. The van der Waals surface area contributed by atoms with E-state index in [0.29, 0.717) is 39.1 Å². The van der Waals surface area contributed by atoms with Gasteiger partial charge >= 0.3 is 0 Å². The van der Waals surface area contributed by atoms with Crippen LogP contribution < -0.4 is 21.3 Å². The second kappa shape index (κ2) is 13.1. The fourth-order valence-corrected chi connectivity index (χ4v) is 6.18. The van der Waals surface area contributed by atoms with Crippen LogP contribution in [0.2, 0.25) is 0 Å². The normalized spacial score (nSPS) is 12.8. The standard InChI is InChI=1S/C34H29N9O3S2/c1-20(39-33(44)30-31(35)38-19-28(40-30)23-15-24(17-36-16-23)42-48(3,4)46)32-41-27-12-8-9-22(13-14-26-18-37-21(2)47-26)29(27)34(45)43(32)25-10-6-5-7-11-25/h5-12,15-20H,3H2,1-2,4H3,(H2,35,38)(H,39,44)(H,42,46).